The molecule has 0 saturated carbocycles. The molecule has 0 radical (unpaired) electrons. The van der Waals surface area contributed by atoms with Crippen LogP contribution in [0.15, 0.2) is 24.3 Å². The molecule has 0 aliphatic heterocycles. The normalized spacial score (nSPS) is 9.87. The Balaban J connectivity index is 2.68. The molecular formula is C11H7NO2S. The number of rotatable bonds is 1. The van der Waals surface area contributed by atoms with Crippen molar-refractivity contribution >= 4 is 27.4 Å². The van der Waals surface area contributed by atoms with Crippen LogP contribution in [0.4, 0.5) is 0 Å². The molecule has 1 aromatic carbocycles. The highest BCUT2D eigenvalue weighted by Gasteiger charge is 2.14. The minimum absolute atomic E-state index is 0.380. The van der Waals surface area contributed by atoms with E-state index in [0.717, 1.165) is 10.1 Å². The lowest BCUT2D eigenvalue weighted by Crippen LogP contribution is -2.01. The van der Waals surface area contributed by atoms with Crippen LogP contribution in [0.5, 0.6) is 5.75 Å². The number of carbonyl (C=O) groups excluding carboxylic acids is 1. The second kappa shape index (κ2) is 3.71. The Bertz CT molecular complexity index is 565. The molecule has 0 fully saturated rings. The third-order valence-electron chi connectivity index (χ3n) is 1.90. The number of thiophene rings is 1. The van der Waals surface area contributed by atoms with E-state index in [1.54, 1.807) is 0 Å². The van der Waals surface area contributed by atoms with E-state index >= 15 is 0 Å². The van der Waals surface area contributed by atoms with Crippen LogP contribution >= 0.6 is 11.3 Å². The summed E-state index contributed by atoms with van der Waals surface area (Å²) >= 11 is 1.33. The van der Waals surface area contributed by atoms with Crippen molar-refractivity contribution in [3.8, 4) is 11.8 Å². The van der Waals surface area contributed by atoms with E-state index in [2.05, 4.69) is 0 Å². The van der Waals surface area contributed by atoms with Gasteiger partial charge in [0.05, 0.1) is 0 Å². The molecule has 3 nitrogen and oxygen atoms in total. The highest BCUT2D eigenvalue weighted by molar-refractivity contribution is 7.20. The van der Waals surface area contributed by atoms with Gasteiger partial charge < -0.3 is 4.74 Å². The minimum atomic E-state index is -0.407. The van der Waals surface area contributed by atoms with Crippen molar-refractivity contribution in [2.75, 3.05) is 0 Å². The lowest BCUT2D eigenvalue weighted by Gasteiger charge is -1.98. The van der Waals surface area contributed by atoms with Crippen LogP contribution < -0.4 is 4.74 Å². The average molecular weight is 217 g/mol. The fourth-order valence-electron chi connectivity index (χ4n) is 1.34. The van der Waals surface area contributed by atoms with Crippen molar-refractivity contribution in [2.24, 2.45) is 0 Å². The van der Waals surface area contributed by atoms with E-state index in [1.165, 1.54) is 18.3 Å². The number of hydrogen-bond donors (Lipinski definition) is 0. The van der Waals surface area contributed by atoms with Crippen molar-refractivity contribution in [2.45, 2.75) is 6.92 Å². The van der Waals surface area contributed by atoms with Gasteiger partial charge in [-0.05, 0) is 12.1 Å². The maximum Gasteiger partial charge on any atom is 0.308 e. The summed E-state index contributed by atoms with van der Waals surface area (Å²) in [6.45, 7) is 1.33. The second-order valence-corrected chi connectivity index (χ2v) is 4.01. The molecule has 4 heteroatoms. The van der Waals surface area contributed by atoms with Crippen LogP contribution in [-0.4, -0.2) is 5.97 Å². The first-order chi connectivity index (χ1) is 7.22. The van der Waals surface area contributed by atoms with Gasteiger partial charge in [0.1, 0.15) is 10.9 Å². The zero-order valence-electron chi connectivity index (χ0n) is 7.98. The zero-order chi connectivity index (χ0) is 10.8. The Morgan fingerprint density at radius 1 is 1.47 bits per heavy atom. The standard InChI is InChI=1S/C11H7NO2S/c1-7(13)14-11-8-4-2-3-5-9(8)15-10(11)6-12/h2-5H,1H3. The maximum absolute atomic E-state index is 10.9. The minimum Gasteiger partial charge on any atom is -0.424 e. The number of nitrogens with zero attached hydrogens (tertiary/aromatic N) is 1. The summed E-state index contributed by atoms with van der Waals surface area (Å²) in [7, 11) is 0. The molecule has 0 N–H and O–H groups in total. The largest absolute Gasteiger partial charge is 0.424 e. The van der Waals surface area contributed by atoms with E-state index < -0.39 is 5.97 Å². The summed E-state index contributed by atoms with van der Waals surface area (Å²) in [6, 6.07) is 9.50. The molecule has 0 atom stereocenters. The SMILES string of the molecule is CC(=O)Oc1c(C#N)sc2ccccc12. The number of fused-ring (bicyclic) bond motifs is 1. The third-order valence-corrected chi connectivity index (χ3v) is 2.95. The molecule has 1 heterocycles. The molecule has 0 aliphatic rings. The molecule has 74 valence electrons. The molecule has 15 heavy (non-hydrogen) atoms. The van der Waals surface area contributed by atoms with Crippen LogP contribution in [0.2, 0.25) is 0 Å². The smallest absolute Gasteiger partial charge is 0.308 e. The first kappa shape index (κ1) is 9.69. The van der Waals surface area contributed by atoms with E-state index in [-0.39, 0.29) is 0 Å². The topological polar surface area (TPSA) is 50.1 Å². The van der Waals surface area contributed by atoms with Crippen LogP contribution in [0.25, 0.3) is 10.1 Å². The summed E-state index contributed by atoms with van der Waals surface area (Å²) in [5.41, 5.74) is 0. The van der Waals surface area contributed by atoms with Crippen molar-refractivity contribution in [3.63, 3.8) is 0 Å². The van der Waals surface area contributed by atoms with Gasteiger partial charge in [0, 0.05) is 17.0 Å². The average Bonchev–Trinajstić information content (AvgIpc) is 2.56. The van der Waals surface area contributed by atoms with Crippen molar-refractivity contribution in [1.29, 1.82) is 5.26 Å². The van der Waals surface area contributed by atoms with Gasteiger partial charge in [-0.25, -0.2) is 0 Å². The number of nitriles is 1. The summed E-state index contributed by atoms with van der Waals surface area (Å²) in [4.78, 5) is 11.3. The Morgan fingerprint density at radius 3 is 2.87 bits per heavy atom. The maximum atomic E-state index is 10.9. The predicted octanol–water partition coefficient (Wildman–Crippen LogP) is 2.70. The molecule has 0 aliphatic carbocycles. The molecule has 2 aromatic rings. The Labute approximate surface area is 90.5 Å². The Kier molecular flexibility index (Phi) is 2.40. The van der Waals surface area contributed by atoms with Crippen LogP contribution in [-0.2, 0) is 4.79 Å². The number of benzene rings is 1. The van der Waals surface area contributed by atoms with Gasteiger partial charge in [-0.3, -0.25) is 4.79 Å². The molecule has 0 saturated heterocycles. The first-order valence-electron chi connectivity index (χ1n) is 4.32. The van der Waals surface area contributed by atoms with Gasteiger partial charge in [0.25, 0.3) is 0 Å². The molecule has 2 rings (SSSR count). The van der Waals surface area contributed by atoms with Crippen molar-refractivity contribution in [3.05, 3.63) is 29.1 Å². The number of hydrogen-bond acceptors (Lipinski definition) is 4. The molecular weight excluding hydrogens is 210 g/mol. The van der Waals surface area contributed by atoms with Gasteiger partial charge in [-0.15, -0.1) is 11.3 Å². The van der Waals surface area contributed by atoms with Gasteiger partial charge in [0.2, 0.25) is 0 Å². The molecule has 0 bridgehead atoms. The molecule has 0 unspecified atom stereocenters. The van der Waals surface area contributed by atoms with Gasteiger partial charge >= 0.3 is 5.97 Å². The summed E-state index contributed by atoms with van der Waals surface area (Å²) in [6.07, 6.45) is 0. The number of carbonyl (C=O) groups is 1. The van der Waals surface area contributed by atoms with Gasteiger partial charge in [-0.2, -0.15) is 5.26 Å². The highest BCUT2D eigenvalue weighted by Crippen LogP contribution is 2.37. The summed E-state index contributed by atoms with van der Waals surface area (Å²) in [5, 5.41) is 9.72. The van der Waals surface area contributed by atoms with Crippen molar-refractivity contribution < 1.29 is 9.53 Å². The molecule has 1 aromatic heterocycles. The monoisotopic (exact) mass is 217 g/mol. The second-order valence-electron chi connectivity index (χ2n) is 2.96. The summed E-state index contributed by atoms with van der Waals surface area (Å²) < 4.78 is 5.99. The van der Waals surface area contributed by atoms with Crippen LogP contribution in [0.1, 0.15) is 11.8 Å². The quantitative estimate of drug-likeness (QED) is 0.690. The zero-order valence-corrected chi connectivity index (χ0v) is 8.80. The first-order valence-corrected chi connectivity index (χ1v) is 5.14. The third kappa shape index (κ3) is 1.69. The predicted molar refractivity (Wildman–Crippen MR) is 57.8 cm³/mol. The lowest BCUT2D eigenvalue weighted by molar-refractivity contribution is -0.131. The lowest BCUT2D eigenvalue weighted by atomic mass is 10.2. The van der Waals surface area contributed by atoms with Crippen LogP contribution in [0, 0.1) is 11.3 Å². The number of esters is 1. The summed E-state index contributed by atoms with van der Waals surface area (Å²) in [5.74, 6) is -0.0272. The van der Waals surface area contributed by atoms with Gasteiger partial charge in [-0.1, -0.05) is 12.1 Å². The fraction of sp³-hybridized carbons (Fsp3) is 0.0909. The molecule has 0 spiro atoms. The fourth-order valence-corrected chi connectivity index (χ4v) is 2.27. The van der Waals surface area contributed by atoms with E-state index in [9.17, 15) is 4.79 Å². The van der Waals surface area contributed by atoms with E-state index in [1.807, 2.05) is 30.3 Å². The van der Waals surface area contributed by atoms with Gasteiger partial charge in [0.15, 0.2) is 5.75 Å². The Morgan fingerprint density at radius 2 is 2.20 bits per heavy atom. The van der Waals surface area contributed by atoms with Crippen molar-refractivity contribution in [1.82, 2.24) is 0 Å². The molecule has 0 amide bonds. The number of ether oxygens (including phenoxy) is 1. The van der Waals surface area contributed by atoms with E-state index in [0.29, 0.717) is 10.6 Å². The highest BCUT2D eigenvalue weighted by atomic mass is 32.1. The Hall–Kier alpha value is -1.86. The van der Waals surface area contributed by atoms with Crippen LogP contribution in [0.3, 0.4) is 0 Å². The van der Waals surface area contributed by atoms with E-state index in [4.69, 9.17) is 10.00 Å².